The van der Waals surface area contributed by atoms with Crippen molar-refractivity contribution < 1.29 is 5.48 Å². The summed E-state index contributed by atoms with van der Waals surface area (Å²) in [4.78, 5) is 0. The van der Waals surface area contributed by atoms with Crippen LogP contribution in [0.15, 0.2) is 0 Å². The molecule has 36 valence electrons. The highest BCUT2D eigenvalue weighted by Gasteiger charge is 1.48. The molecule has 0 amide bonds. The van der Waals surface area contributed by atoms with Gasteiger partial charge in [-0.2, -0.15) is 0 Å². The van der Waals surface area contributed by atoms with Crippen LogP contribution in [0.3, 0.4) is 0 Å². The maximum Gasteiger partial charge on any atom is 0.00601 e. The Kier molecular flexibility index (Phi) is 13.4. The second kappa shape index (κ2) is 8.82. The van der Waals surface area contributed by atoms with Crippen molar-refractivity contribution >= 4 is 0 Å². The van der Waals surface area contributed by atoms with Gasteiger partial charge >= 0.3 is 0 Å². The molecule has 0 aromatic carbocycles. The van der Waals surface area contributed by atoms with Gasteiger partial charge in [0.05, 0.1) is 0 Å². The Bertz CT molecular complexity index is 56.1. The fourth-order valence-corrected chi connectivity index (χ4v) is 0.177. The molecule has 6 heavy (non-hydrogen) atoms. The summed E-state index contributed by atoms with van der Waals surface area (Å²) < 4.78 is 0. The third kappa shape index (κ3) is 9.68. The highest BCUT2D eigenvalue weighted by atomic mass is 16.0. The molecule has 0 saturated carbocycles. The lowest BCUT2D eigenvalue weighted by molar-refractivity contribution is 0.824. The first-order valence-corrected chi connectivity index (χ1v) is 1.81. The van der Waals surface area contributed by atoms with E-state index in [0.717, 1.165) is 6.42 Å². The van der Waals surface area contributed by atoms with Crippen LogP contribution in [0.5, 0.6) is 0 Å². The lowest BCUT2D eigenvalue weighted by atomic mass is 10.5. The van der Waals surface area contributed by atoms with Gasteiger partial charge in [-0.3, -0.25) is 0 Å². The van der Waals surface area contributed by atoms with Gasteiger partial charge in [0, 0.05) is 6.42 Å². The molecule has 0 atom stereocenters. The van der Waals surface area contributed by atoms with E-state index in [9.17, 15) is 0 Å². The molecule has 0 aromatic rings. The van der Waals surface area contributed by atoms with Crippen LogP contribution in [-0.4, -0.2) is 5.48 Å². The Hall–Kier alpha value is -0.480. The normalized spacial score (nSPS) is 4.33. The SMILES string of the molecule is CC#CCC.O. The summed E-state index contributed by atoms with van der Waals surface area (Å²) in [6.07, 6.45) is 0.983. The standard InChI is InChI=1S/C5H8.H2O/c1-3-5-4-2;/h3H2,1-2H3;1H2. The van der Waals surface area contributed by atoms with Gasteiger partial charge in [0.25, 0.3) is 0 Å². The Morgan fingerprint density at radius 1 is 1.50 bits per heavy atom. The quantitative estimate of drug-likeness (QED) is 0.386. The molecule has 1 heteroatoms. The smallest absolute Gasteiger partial charge is 0.00601 e. The van der Waals surface area contributed by atoms with Crippen LogP contribution in [0.1, 0.15) is 20.3 Å². The Morgan fingerprint density at radius 2 is 2.00 bits per heavy atom. The van der Waals surface area contributed by atoms with Crippen molar-refractivity contribution in [1.82, 2.24) is 0 Å². The molecule has 0 bridgehead atoms. The lowest BCUT2D eigenvalue weighted by Crippen LogP contribution is -1.45. The van der Waals surface area contributed by atoms with E-state index in [0.29, 0.717) is 0 Å². The summed E-state index contributed by atoms with van der Waals surface area (Å²) in [6.45, 7) is 3.89. The summed E-state index contributed by atoms with van der Waals surface area (Å²) >= 11 is 0. The molecule has 0 aliphatic heterocycles. The van der Waals surface area contributed by atoms with Crippen LogP contribution in [0.4, 0.5) is 0 Å². The van der Waals surface area contributed by atoms with Crippen LogP contribution in [0.2, 0.25) is 0 Å². The second-order valence-corrected chi connectivity index (χ2v) is 0.780. The van der Waals surface area contributed by atoms with Crippen molar-refractivity contribution in [2.75, 3.05) is 0 Å². The second-order valence-electron chi connectivity index (χ2n) is 0.780. The van der Waals surface area contributed by atoms with Gasteiger partial charge in [0.2, 0.25) is 0 Å². The molecule has 0 radical (unpaired) electrons. The van der Waals surface area contributed by atoms with E-state index in [1.807, 2.05) is 13.8 Å². The van der Waals surface area contributed by atoms with E-state index in [-0.39, 0.29) is 5.48 Å². The Labute approximate surface area is 38.7 Å². The van der Waals surface area contributed by atoms with E-state index < -0.39 is 0 Å². The van der Waals surface area contributed by atoms with Gasteiger partial charge < -0.3 is 5.48 Å². The van der Waals surface area contributed by atoms with Crippen molar-refractivity contribution in [2.45, 2.75) is 20.3 Å². The van der Waals surface area contributed by atoms with Gasteiger partial charge in [-0.05, 0) is 6.92 Å². The average Bonchev–Trinajstić information content (AvgIpc) is 1.41. The maximum absolute atomic E-state index is 2.86. The molecule has 0 rings (SSSR count). The van der Waals surface area contributed by atoms with Crippen LogP contribution < -0.4 is 0 Å². The monoisotopic (exact) mass is 86.1 g/mol. The first-order valence-electron chi connectivity index (χ1n) is 1.81. The van der Waals surface area contributed by atoms with Gasteiger partial charge in [0.15, 0.2) is 0 Å². The minimum atomic E-state index is 0. The molecule has 0 aliphatic rings. The minimum absolute atomic E-state index is 0. The van der Waals surface area contributed by atoms with E-state index in [2.05, 4.69) is 11.8 Å². The highest BCUT2D eigenvalue weighted by molar-refractivity contribution is 4.92. The van der Waals surface area contributed by atoms with Crippen molar-refractivity contribution in [1.29, 1.82) is 0 Å². The van der Waals surface area contributed by atoms with Crippen LogP contribution in [-0.2, 0) is 0 Å². The zero-order valence-corrected chi connectivity index (χ0v) is 4.21. The number of hydrogen-bond acceptors (Lipinski definition) is 0. The molecule has 2 N–H and O–H groups in total. The van der Waals surface area contributed by atoms with Gasteiger partial charge in [0.1, 0.15) is 0 Å². The molecule has 0 fully saturated rings. The van der Waals surface area contributed by atoms with Crippen molar-refractivity contribution in [3.63, 3.8) is 0 Å². The topological polar surface area (TPSA) is 31.5 Å². The molecule has 0 heterocycles. The fraction of sp³-hybridized carbons (Fsp3) is 0.600. The maximum atomic E-state index is 2.86. The van der Waals surface area contributed by atoms with Crippen molar-refractivity contribution in [3.8, 4) is 11.8 Å². The first-order chi connectivity index (χ1) is 2.41. The molecule has 0 aromatic heterocycles. The van der Waals surface area contributed by atoms with Crippen LogP contribution in [0.25, 0.3) is 0 Å². The molecular formula is C5H10O. The number of rotatable bonds is 0. The van der Waals surface area contributed by atoms with Crippen molar-refractivity contribution in [3.05, 3.63) is 0 Å². The van der Waals surface area contributed by atoms with Crippen LogP contribution >= 0.6 is 0 Å². The molecule has 0 spiro atoms. The van der Waals surface area contributed by atoms with E-state index in [4.69, 9.17) is 0 Å². The highest BCUT2D eigenvalue weighted by Crippen LogP contribution is 1.62. The molecule has 1 nitrogen and oxygen atoms in total. The van der Waals surface area contributed by atoms with Crippen molar-refractivity contribution in [2.24, 2.45) is 0 Å². The fourth-order valence-electron chi connectivity index (χ4n) is 0.177. The van der Waals surface area contributed by atoms with E-state index in [1.54, 1.807) is 0 Å². The summed E-state index contributed by atoms with van der Waals surface area (Å²) in [7, 11) is 0. The molecule has 0 unspecified atom stereocenters. The van der Waals surface area contributed by atoms with Gasteiger partial charge in [-0.15, -0.1) is 11.8 Å². The predicted molar refractivity (Wildman–Crippen MR) is 27.4 cm³/mol. The number of hydrogen-bond donors (Lipinski definition) is 0. The largest absolute Gasteiger partial charge is 0.412 e. The zero-order valence-electron chi connectivity index (χ0n) is 4.21. The molecule has 0 saturated heterocycles. The minimum Gasteiger partial charge on any atom is -0.412 e. The summed E-state index contributed by atoms with van der Waals surface area (Å²) in [5.74, 6) is 5.63. The first kappa shape index (κ1) is 9.10. The Balaban J connectivity index is 0. The Morgan fingerprint density at radius 3 is 2.00 bits per heavy atom. The summed E-state index contributed by atoms with van der Waals surface area (Å²) in [5, 5.41) is 0. The average molecular weight is 86.1 g/mol. The van der Waals surface area contributed by atoms with Crippen LogP contribution in [0, 0.1) is 11.8 Å². The van der Waals surface area contributed by atoms with Gasteiger partial charge in [-0.25, -0.2) is 0 Å². The van der Waals surface area contributed by atoms with E-state index >= 15 is 0 Å². The lowest BCUT2D eigenvalue weighted by Gasteiger charge is -1.58. The predicted octanol–water partition coefficient (Wildman–Crippen LogP) is 0.595. The zero-order chi connectivity index (χ0) is 4.12. The molecule has 0 aliphatic carbocycles. The third-order valence-corrected chi connectivity index (χ3v) is 0.354. The van der Waals surface area contributed by atoms with Gasteiger partial charge in [-0.1, -0.05) is 6.92 Å². The van der Waals surface area contributed by atoms with E-state index in [1.165, 1.54) is 0 Å². The molecular weight excluding hydrogens is 76.1 g/mol. The third-order valence-electron chi connectivity index (χ3n) is 0.354. The summed E-state index contributed by atoms with van der Waals surface area (Å²) in [5.41, 5.74) is 0. The summed E-state index contributed by atoms with van der Waals surface area (Å²) in [6, 6.07) is 0.